The van der Waals surface area contributed by atoms with E-state index in [-0.39, 0.29) is 22.4 Å². The van der Waals surface area contributed by atoms with Gasteiger partial charge in [0.2, 0.25) is 0 Å². The largest absolute Gasteiger partial charge is 0.401 e. The fourth-order valence-corrected chi connectivity index (χ4v) is 5.27. The molecule has 3 heterocycles. The van der Waals surface area contributed by atoms with Gasteiger partial charge in [0.15, 0.2) is 0 Å². The Kier molecular flexibility index (Phi) is 5.17. The number of hydrogen-bond acceptors (Lipinski definition) is 7. The van der Waals surface area contributed by atoms with E-state index in [1.807, 2.05) is 24.3 Å². The van der Waals surface area contributed by atoms with E-state index in [1.54, 1.807) is 24.0 Å². The summed E-state index contributed by atoms with van der Waals surface area (Å²) in [6.07, 6.45) is 3.33. The monoisotopic (exact) mass is 464 g/mol. The first-order chi connectivity index (χ1) is 15.9. The van der Waals surface area contributed by atoms with Gasteiger partial charge in [-0.05, 0) is 54.8 Å². The molecular formula is C22H20N6O4S. The molecule has 10 nitrogen and oxygen atoms in total. The molecule has 0 fully saturated rings. The predicted molar refractivity (Wildman–Crippen MR) is 120 cm³/mol. The van der Waals surface area contributed by atoms with Crippen LogP contribution in [0.3, 0.4) is 0 Å². The minimum Gasteiger partial charge on any atom is -0.401 e. The molecule has 4 aromatic rings. The van der Waals surface area contributed by atoms with Gasteiger partial charge in [0.25, 0.3) is 21.8 Å². The standard InChI is InChI=1S/C22H20N6O4S/c1-27-14-12-18(26-27)21-24-25-22(32-21)23-20(29)16-8-10-17(11-9-16)33(30,31)28-13-4-6-15-5-2-3-7-19(15)28/h2-3,5,7-12,14H,4,6,13H2,1H3,(H,23,25,29). The number of sulfonamides is 1. The molecule has 0 atom stereocenters. The van der Waals surface area contributed by atoms with Crippen molar-refractivity contribution in [2.75, 3.05) is 16.2 Å². The van der Waals surface area contributed by atoms with Crippen molar-refractivity contribution in [3.63, 3.8) is 0 Å². The lowest BCUT2D eigenvalue weighted by molar-refractivity contribution is 0.102. The lowest BCUT2D eigenvalue weighted by Gasteiger charge is -2.30. The van der Waals surface area contributed by atoms with Crippen LogP contribution in [0.1, 0.15) is 22.3 Å². The molecule has 0 unspecified atom stereocenters. The van der Waals surface area contributed by atoms with Crippen LogP contribution in [-0.2, 0) is 23.5 Å². The number of fused-ring (bicyclic) bond motifs is 1. The molecule has 0 aliphatic carbocycles. The van der Waals surface area contributed by atoms with Crippen LogP contribution in [0.15, 0.2) is 70.1 Å². The zero-order valence-electron chi connectivity index (χ0n) is 17.7. The van der Waals surface area contributed by atoms with Gasteiger partial charge >= 0.3 is 6.01 Å². The first kappa shape index (κ1) is 20.9. The van der Waals surface area contributed by atoms with Gasteiger partial charge in [-0.3, -0.25) is 19.1 Å². The molecule has 1 aliphatic rings. The molecule has 0 spiro atoms. The van der Waals surface area contributed by atoms with E-state index in [2.05, 4.69) is 20.6 Å². The Labute approximate surface area is 189 Å². The Bertz CT molecular complexity index is 1430. The van der Waals surface area contributed by atoms with Crippen molar-refractivity contribution < 1.29 is 17.6 Å². The fraction of sp³-hybridized carbons (Fsp3) is 0.182. The zero-order valence-corrected chi connectivity index (χ0v) is 18.5. The van der Waals surface area contributed by atoms with Gasteiger partial charge in [0.1, 0.15) is 5.69 Å². The number of nitrogens with one attached hydrogen (secondary N) is 1. The van der Waals surface area contributed by atoms with Crippen molar-refractivity contribution in [2.24, 2.45) is 7.05 Å². The number of anilines is 2. The molecule has 0 saturated heterocycles. The molecule has 33 heavy (non-hydrogen) atoms. The highest BCUT2D eigenvalue weighted by Crippen LogP contribution is 2.31. The summed E-state index contributed by atoms with van der Waals surface area (Å²) in [4.78, 5) is 12.7. The Morgan fingerprint density at radius 2 is 1.85 bits per heavy atom. The van der Waals surface area contributed by atoms with Crippen LogP contribution in [0.25, 0.3) is 11.6 Å². The van der Waals surface area contributed by atoms with Gasteiger partial charge in [0, 0.05) is 25.4 Å². The zero-order chi connectivity index (χ0) is 23.0. The highest BCUT2D eigenvalue weighted by molar-refractivity contribution is 7.92. The van der Waals surface area contributed by atoms with Crippen LogP contribution < -0.4 is 9.62 Å². The molecule has 0 saturated carbocycles. The maximum Gasteiger partial charge on any atom is 0.322 e. The van der Waals surface area contributed by atoms with Crippen LogP contribution >= 0.6 is 0 Å². The molecule has 168 valence electrons. The van der Waals surface area contributed by atoms with E-state index in [1.165, 1.54) is 28.6 Å². The van der Waals surface area contributed by atoms with Gasteiger partial charge in [-0.25, -0.2) is 8.42 Å². The molecule has 1 N–H and O–H groups in total. The van der Waals surface area contributed by atoms with E-state index in [0.717, 1.165) is 18.4 Å². The van der Waals surface area contributed by atoms with Gasteiger partial charge in [0.05, 0.1) is 10.6 Å². The van der Waals surface area contributed by atoms with Crippen molar-refractivity contribution in [1.82, 2.24) is 20.0 Å². The number of para-hydroxylation sites is 1. The summed E-state index contributed by atoms with van der Waals surface area (Å²) in [6.45, 7) is 0.414. The summed E-state index contributed by atoms with van der Waals surface area (Å²) in [7, 11) is -1.99. The third-order valence-corrected chi connectivity index (χ3v) is 7.18. The van der Waals surface area contributed by atoms with Crippen LogP contribution in [0.2, 0.25) is 0 Å². The minimum absolute atomic E-state index is 0.0812. The SMILES string of the molecule is Cn1ccc(-c2nnc(NC(=O)c3ccc(S(=O)(=O)N4CCCc5ccccc54)cc3)o2)n1. The lowest BCUT2D eigenvalue weighted by Crippen LogP contribution is -2.35. The average Bonchev–Trinajstić information content (AvgIpc) is 3.47. The second-order valence-corrected chi connectivity index (χ2v) is 9.44. The molecule has 1 aliphatic heterocycles. The third kappa shape index (κ3) is 3.98. The Hall–Kier alpha value is -3.99. The number of rotatable bonds is 5. The Morgan fingerprint density at radius 1 is 1.06 bits per heavy atom. The second kappa shape index (κ2) is 8.17. The maximum atomic E-state index is 13.2. The molecule has 1 amide bonds. The molecule has 11 heteroatoms. The highest BCUT2D eigenvalue weighted by Gasteiger charge is 2.29. The summed E-state index contributed by atoms with van der Waals surface area (Å²) in [5.74, 6) is -0.326. The summed E-state index contributed by atoms with van der Waals surface area (Å²) >= 11 is 0. The van der Waals surface area contributed by atoms with E-state index in [4.69, 9.17) is 4.42 Å². The van der Waals surface area contributed by atoms with Crippen molar-refractivity contribution in [3.8, 4) is 11.6 Å². The summed E-state index contributed by atoms with van der Waals surface area (Å²) in [5, 5.41) is 14.4. The first-order valence-corrected chi connectivity index (χ1v) is 11.7. The number of amides is 1. The van der Waals surface area contributed by atoms with Crippen LogP contribution in [0, 0.1) is 0 Å². The van der Waals surface area contributed by atoms with Crippen molar-refractivity contribution in [2.45, 2.75) is 17.7 Å². The predicted octanol–water partition coefficient (Wildman–Crippen LogP) is 2.86. The van der Waals surface area contributed by atoms with Gasteiger partial charge in [-0.1, -0.05) is 23.3 Å². The van der Waals surface area contributed by atoms with Crippen molar-refractivity contribution in [1.29, 1.82) is 0 Å². The van der Waals surface area contributed by atoms with Crippen LogP contribution in [0.5, 0.6) is 0 Å². The van der Waals surface area contributed by atoms with Crippen LogP contribution in [-0.4, -0.2) is 40.8 Å². The van der Waals surface area contributed by atoms with Gasteiger partial charge in [-0.2, -0.15) is 5.10 Å². The quantitative estimate of drug-likeness (QED) is 0.482. The lowest BCUT2D eigenvalue weighted by atomic mass is 10.0. The molecule has 0 bridgehead atoms. The van der Waals surface area contributed by atoms with Crippen molar-refractivity contribution >= 4 is 27.6 Å². The smallest absolute Gasteiger partial charge is 0.322 e. The molecule has 2 aromatic heterocycles. The normalized spacial score (nSPS) is 13.5. The van der Waals surface area contributed by atoms with Gasteiger partial charge in [-0.15, -0.1) is 5.10 Å². The summed E-state index contributed by atoms with van der Waals surface area (Å²) in [6, 6.07) is 14.9. The van der Waals surface area contributed by atoms with E-state index in [0.29, 0.717) is 17.9 Å². The average molecular weight is 465 g/mol. The van der Waals surface area contributed by atoms with Crippen molar-refractivity contribution in [3.05, 3.63) is 71.9 Å². The molecule has 0 radical (unpaired) electrons. The molecule has 5 rings (SSSR count). The Balaban J connectivity index is 1.32. The third-order valence-electron chi connectivity index (χ3n) is 5.35. The topological polar surface area (TPSA) is 123 Å². The summed E-state index contributed by atoms with van der Waals surface area (Å²) in [5.41, 5.74) is 2.45. The number of benzene rings is 2. The number of carbonyl (C=O) groups is 1. The summed E-state index contributed by atoms with van der Waals surface area (Å²) < 4.78 is 34.9. The number of nitrogens with zero attached hydrogens (tertiary/aromatic N) is 5. The highest BCUT2D eigenvalue weighted by atomic mass is 32.2. The number of carbonyl (C=O) groups excluding carboxylic acids is 1. The maximum absolute atomic E-state index is 13.2. The molecular weight excluding hydrogens is 444 g/mol. The number of aromatic nitrogens is 4. The Morgan fingerprint density at radius 3 is 2.61 bits per heavy atom. The number of aryl methyl sites for hydroxylation is 2. The second-order valence-electron chi connectivity index (χ2n) is 7.57. The number of hydrogen-bond donors (Lipinski definition) is 1. The minimum atomic E-state index is -3.75. The fourth-order valence-electron chi connectivity index (χ4n) is 3.73. The van der Waals surface area contributed by atoms with E-state index >= 15 is 0 Å². The van der Waals surface area contributed by atoms with E-state index < -0.39 is 15.9 Å². The first-order valence-electron chi connectivity index (χ1n) is 10.3. The van der Waals surface area contributed by atoms with E-state index in [9.17, 15) is 13.2 Å². The van der Waals surface area contributed by atoms with Gasteiger partial charge < -0.3 is 4.42 Å². The van der Waals surface area contributed by atoms with Crippen LogP contribution in [0.4, 0.5) is 11.7 Å². The molecule has 2 aromatic carbocycles.